The van der Waals surface area contributed by atoms with E-state index in [-0.39, 0.29) is 37.0 Å². The molecule has 0 saturated carbocycles. The SMILES string of the molecule is Cc1c(N2CCCC2=O)cccc1S(=O)(=O)N[C@@H](C[NH-])C(=O)N1CCN(CC(F)(F)F)CC1. The second kappa shape index (κ2) is 9.95. The molecule has 33 heavy (non-hydrogen) atoms. The van der Waals surface area contributed by atoms with E-state index in [1.165, 1.54) is 26.8 Å². The van der Waals surface area contributed by atoms with E-state index in [0.717, 1.165) is 0 Å². The average Bonchev–Trinajstić information content (AvgIpc) is 3.16. The van der Waals surface area contributed by atoms with E-state index in [2.05, 4.69) is 4.72 Å². The van der Waals surface area contributed by atoms with Crippen molar-refractivity contribution in [1.29, 1.82) is 0 Å². The third kappa shape index (κ3) is 6.02. The first-order chi connectivity index (χ1) is 15.4. The summed E-state index contributed by atoms with van der Waals surface area (Å²) >= 11 is 0. The molecule has 9 nitrogen and oxygen atoms in total. The van der Waals surface area contributed by atoms with Gasteiger partial charge in [-0.3, -0.25) is 14.5 Å². The van der Waals surface area contributed by atoms with Gasteiger partial charge in [0.1, 0.15) is 0 Å². The van der Waals surface area contributed by atoms with Crippen molar-refractivity contribution in [2.24, 2.45) is 0 Å². The number of nitrogens with zero attached hydrogens (tertiary/aromatic N) is 3. The Morgan fingerprint density at radius 3 is 2.39 bits per heavy atom. The van der Waals surface area contributed by atoms with Gasteiger partial charge in [-0.1, -0.05) is 6.07 Å². The molecule has 2 aliphatic rings. The molecule has 2 aliphatic heterocycles. The maximum absolute atomic E-state index is 13.1. The quantitative estimate of drug-likeness (QED) is 0.623. The van der Waals surface area contributed by atoms with Gasteiger partial charge in [0.2, 0.25) is 21.8 Å². The summed E-state index contributed by atoms with van der Waals surface area (Å²) < 4.78 is 66.1. The lowest BCUT2D eigenvalue weighted by Gasteiger charge is -2.37. The number of piperazine rings is 1. The van der Waals surface area contributed by atoms with Crippen molar-refractivity contribution >= 4 is 27.5 Å². The van der Waals surface area contributed by atoms with Crippen molar-refractivity contribution in [3.63, 3.8) is 0 Å². The van der Waals surface area contributed by atoms with Crippen LogP contribution in [0.5, 0.6) is 0 Å². The van der Waals surface area contributed by atoms with E-state index in [1.807, 2.05) is 0 Å². The Morgan fingerprint density at radius 1 is 1.18 bits per heavy atom. The summed E-state index contributed by atoms with van der Waals surface area (Å²) in [6, 6.07) is 3.16. The van der Waals surface area contributed by atoms with Crippen LogP contribution in [0.3, 0.4) is 0 Å². The fraction of sp³-hybridized carbons (Fsp3) is 0.600. The monoisotopic (exact) mass is 490 g/mol. The number of anilines is 1. The van der Waals surface area contributed by atoms with Crippen LogP contribution in [-0.4, -0.2) is 88.1 Å². The molecule has 2 fully saturated rings. The highest BCUT2D eigenvalue weighted by Crippen LogP contribution is 2.29. The van der Waals surface area contributed by atoms with Crippen molar-refractivity contribution in [3.05, 3.63) is 29.5 Å². The maximum Gasteiger partial charge on any atom is 0.401 e. The molecule has 0 unspecified atom stereocenters. The van der Waals surface area contributed by atoms with Gasteiger partial charge in [0.15, 0.2) is 0 Å². The lowest BCUT2D eigenvalue weighted by Crippen LogP contribution is -2.56. The number of rotatable bonds is 7. The van der Waals surface area contributed by atoms with Crippen LogP contribution in [0.4, 0.5) is 18.9 Å². The minimum Gasteiger partial charge on any atom is -0.676 e. The zero-order valence-corrected chi connectivity index (χ0v) is 19.0. The van der Waals surface area contributed by atoms with E-state index < -0.39 is 41.2 Å². The molecule has 13 heteroatoms. The van der Waals surface area contributed by atoms with Crippen molar-refractivity contribution in [1.82, 2.24) is 14.5 Å². The second-order valence-corrected chi connectivity index (χ2v) is 9.83. The normalized spacial score (nSPS) is 19.2. The Bertz CT molecular complexity index is 994. The highest BCUT2D eigenvalue weighted by Gasteiger charge is 2.35. The molecule has 2 heterocycles. The van der Waals surface area contributed by atoms with Crippen LogP contribution in [-0.2, 0) is 19.6 Å². The van der Waals surface area contributed by atoms with Crippen molar-refractivity contribution < 1.29 is 31.2 Å². The number of benzene rings is 1. The maximum atomic E-state index is 13.1. The molecule has 2 saturated heterocycles. The number of carbonyl (C=O) groups is 2. The predicted octanol–water partition coefficient (Wildman–Crippen LogP) is 1.53. The summed E-state index contributed by atoms with van der Waals surface area (Å²) in [5.41, 5.74) is 8.52. The molecule has 2 N–H and O–H groups in total. The van der Waals surface area contributed by atoms with Crippen LogP contribution in [0, 0.1) is 6.92 Å². The lowest BCUT2D eigenvalue weighted by molar-refractivity contribution is -0.152. The molecular weight excluding hydrogens is 463 g/mol. The third-order valence-corrected chi connectivity index (χ3v) is 7.41. The topological polar surface area (TPSA) is 114 Å². The molecule has 0 radical (unpaired) electrons. The van der Waals surface area contributed by atoms with Gasteiger partial charge in [-0.05, 0) is 31.0 Å². The third-order valence-electron chi connectivity index (χ3n) is 5.80. The van der Waals surface area contributed by atoms with Crippen molar-refractivity contribution in [3.8, 4) is 0 Å². The fourth-order valence-corrected chi connectivity index (χ4v) is 5.57. The fourth-order valence-electron chi connectivity index (χ4n) is 4.12. The highest BCUT2D eigenvalue weighted by atomic mass is 32.2. The highest BCUT2D eigenvalue weighted by molar-refractivity contribution is 7.89. The number of halogens is 3. The zero-order chi connectivity index (χ0) is 24.4. The van der Waals surface area contributed by atoms with Crippen molar-refractivity contribution in [2.75, 3.05) is 50.7 Å². The smallest absolute Gasteiger partial charge is 0.401 e. The van der Waals surface area contributed by atoms with E-state index in [0.29, 0.717) is 30.6 Å². The summed E-state index contributed by atoms with van der Waals surface area (Å²) in [4.78, 5) is 28.8. The molecule has 1 aromatic rings. The Kier molecular flexibility index (Phi) is 7.66. The number of nitrogens with one attached hydrogen (secondary N) is 2. The minimum atomic E-state index is -4.34. The molecule has 0 aliphatic carbocycles. The Labute approximate surface area is 190 Å². The van der Waals surface area contributed by atoms with E-state index in [9.17, 15) is 31.2 Å². The molecule has 1 aromatic carbocycles. The molecule has 0 aromatic heterocycles. The number of alkyl halides is 3. The van der Waals surface area contributed by atoms with E-state index in [1.54, 1.807) is 13.0 Å². The van der Waals surface area contributed by atoms with Gasteiger partial charge in [-0.25, -0.2) is 13.1 Å². The van der Waals surface area contributed by atoms with Gasteiger partial charge in [-0.15, -0.1) is 6.54 Å². The van der Waals surface area contributed by atoms with Crippen LogP contribution >= 0.6 is 0 Å². The average molecular weight is 491 g/mol. The van der Waals surface area contributed by atoms with E-state index in [4.69, 9.17) is 5.73 Å². The predicted molar refractivity (Wildman–Crippen MR) is 115 cm³/mol. The first-order valence-corrected chi connectivity index (χ1v) is 12.1. The first kappa shape index (κ1) is 25.4. The zero-order valence-electron chi connectivity index (χ0n) is 18.2. The van der Waals surface area contributed by atoms with Crippen molar-refractivity contribution in [2.45, 2.75) is 36.9 Å². The van der Waals surface area contributed by atoms with Crippen LogP contribution in [0.15, 0.2) is 23.1 Å². The molecule has 0 bridgehead atoms. The molecular formula is C20H27F3N5O4S-. The van der Waals surface area contributed by atoms with Gasteiger partial charge in [0.05, 0.1) is 17.5 Å². The van der Waals surface area contributed by atoms with Crippen LogP contribution in [0.1, 0.15) is 18.4 Å². The summed E-state index contributed by atoms with van der Waals surface area (Å²) in [6.07, 6.45) is -3.27. The number of hydrogen-bond acceptors (Lipinski definition) is 5. The van der Waals surface area contributed by atoms with Crippen LogP contribution in [0.2, 0.25) is 0 Å². The lowest BCUT2D eigenvalue weighted by atomic mass is 10.2. The molecule has 2 amide bonds. The first-order valence-electron chi connectivity index (χ1n) is 10.6. The minimum absolute atomic E-state index is 0.00768. The molecule has 3 rings (SSSR count). The molecule has 0 spiro atoms. The summed E-state index contributed by atoms with van der Waals surface area (Å²) in [5.74, 6) is -0.742. The summed E-state index contributed by atoms with van der Waals surface area (Å²) in [5, 5.41) is 0. The summed E-state index contributed by atoms with van der Waals surface area (Å²) in [6.45, 7) is 0.472. The van der Waals surface area contributed by atoms with Gasteiger partial charge >= 0.3 is 6.18 Å². The van der Waals surface area contributed by atoms with Crippen LogP contribution < -0.4 is 9.62 Å². The van der Waals surface area contributed by atoms with Gasteiger partial charge in [-0.2, -0.15) is 13.2 Å². The standard InChI is InChI=1S/C20H27F3N5O4S/c1-14-16(28-7-3-6-18(28)29)4-2-5-17(14)33(31,32)25-15(12-24)19(30)27-10-8-26(9-11-27)13-20(21,22)23/h2,4-5,15,24-25H,3,6-13H2,1H3/q-1/t15-/m0/s1. The van der Waals surface area contributed by atoms with Gasteiger partial charge in [0, 0.05) is 44.8 Å². The summed E-state index contributed by atoms with van der Waals surface area (Å²) in [7, 11) is -4.20. The van der Waals surface area contributed by atoms with Gasteiger partial charge < -0.3 is 15.5 Å². The molecule has 1 atom stereocenters. The second-order valence-electron chi connectivity index (χ2n) is 8.14. The van der Waals surface area contributed by atoms with Gasteiger partial charge in [0.25, 0.3) is 0 Å². The Morgan fingerprint density at radius 2 is 1.85 bits per heavy atom. The van der Waals surface area contributed by atoms with E-state index >= 15 is 0 Å². The Balaban J connectivity index is 1.71. The number of amides is 2. The number of sulfonamides is 1. The van der Waals surface area contributed by atoms with Crippen LogP contribution in [0.25, 0.3) is 5.73 Å². The number of carbonyl (C=O) groups excluding carboxylic acids is 2. The Hall–Kier alpha value is -2.22. The number of hydrogen-bond donors (Lipinski definition) is 1. The molecule has 184 valence electrons. The largest absolute Gasteiger partial charge is 0.676 e.